The molecule has 1 aromatic carbocycles. The molecule has 45 heavy (non-hydrogen) atoms. The first-order chi connectivity index (χ1) is 21.2. The summed E-state index contributed by atoms with van der Waals surface area (Å²) in [6.45, 7) is 4.37. The van der Waals surface area contributed by atoms with Crippen LogP contribution in [0, 0.1) is 18.7 Å². The van der Waals surface area contributed by atoms with Crippen LogP contribution in [-0.2, 0) is 24.1 Å². The Balaban J connectivity index is 1.37. The average Bonchev–Trinajstić information content (AvgIpc) is 3.32. The van der Waals surface area contributed by atoms with Gasteiger partial charge in [-0.1, -0.05) is 17.7 Å². The van der Waals surface area contributed by atoms with Gasteiger partial charge in [-0.25, -0.2) is 27.5 Å². The van der Waals surface area contributed by atoms with Gasteiger partial charge in [0.15, 0.2) is 11.5 Å². The molecule has 15 heteroatoms. The van der Waals surface area contributed by atoms with Crippen LogP contribution in [0.15, 0.2) is 35.3 Å². The maximum atomic E-state index is 14.7. The van der Waals surface area contributed by atoms with Crippen LogP contribution in [-0.4, -0.2) is 57.5 Å². The van der Waals surface area contributed by atoms with E-state index in [4.69, 9.17) is 16.6 Å². The minimum Gasteiger partial charge on any atom is -0.377 e. The quantitative estimate of drug-likeness (QED) is 0.284. The summed E-state index contributed by atoms with van der Waals surface area (Å²) in [5.41, 5.74) is 2.45. The molecule has 7 rings (SSSR count). The van der Waals surface area contributed by atoms with E-state index in [1.807, 2.05) is 30.7 Å². The molecule has 3 aliphatic rings. The molecule has 2 N–H and O–H groups in total. The Hall–Kier alpha value is -4.04. The first-order valence-corrected chi connectivity index (χ1v) is 16.9. The first-order valence-electron chi connectivity index (χ1n) is 14.6. The fraction of sp³-hybridized carbons (Fsp3) is 0.433. The zero-order valence-corrected chi connectivity index (χ0v) is 27.1. The number of anilines is 2. The molecular weight excluding hydrogens is 623 g/mol. The van der Waals surface area contributed by atoms with Crippen LogP contribution < -0.4 is 20.5 Å². The summed E-state index contributed by atoms with van der Waals surface area (Å²) in [6.07, 6.45) is 4.85. The number of carbonyl (C=O) groups excluding carboxylic acids is 1. The number of halogens is 2. The number of hydrogen-bond acceptors (Lipinski definition) is 9. The molecule has 0 unspecified atom stereocenters. The van der Waals surface area contributed by atoms with E-state index in [2.05, 4.69) is 20.3 Å². The van der Waals surface area contributed by atoms with E-state index in [0.717, 1.165) is 24.7 Å². The van der Waals surface area contributed by atoms with Gasteiger partial charge in [-0.05, 0) is 62.8 Å². The summed E-state index contributed by atoms with van der Waals surface area (Å²) < 4.78 is 43.2. The van der Waals surface area contributed by atoms with Crippen molar-refractivity contribution in [3.63, 3.8) is 0 Å². The van der Waals surface area contributed by atoms with Crippen LogP contribution in [0.3, 0.4) is 0 Å². The molecule has 0 spiro atoms. The molecule has 2 saturated heterocycles. The molecule has 3 aromatic heterocycles. The number of benzene rings is 1. The lowest BCUT2D eigenvalue weighted by molar-refractivity contribution is 0.0977. The van der Waals surface area contributed by atoms with E-state index in [0.29, 0.717) is 41.1 Å². The summed E-state index contributed by atoms with van der Waals surface area (Å²) in [6, 6.07) is 6.35. The molecule has 3 fully saturated rings. The zero-order chi connectivity index (χ0) is 32.4. The molecule has 4 aromatic rings. The van der Waals surface area contributed by atoms with Gasteiger partial charge in [0, 0.05) is 38.2 Å². The average molecular weight is 657 g/mol. The molecule has 2 aliphatic heterocycles. The number of carbonyl (C=O) groups is 1. The molecule has 1 aliphatic carbocycles. The Morgan fingerprint density at radius 3 is 2.58 bits per heavy atom. The molecule has 2 bridgehead atoms. The Bertz CT molecular complexity index is 2010. The van der Waals surface area contributed by atoms with E-state index in [-0.39, 0.29) is 45.8 Å². The number of aryl methyl sites for hydroxylation is 2. The number of hydrogen-bond donors (Lipinski definition) is 2. The van der Waals surface area contributed by atoms with Crippen molar-refractivity contribution >= 4 is 50.1 Å². The second-order valence-corrected chi connectivity index (χ2v) is 14.3. The highest BCUT2D eigenvalue weighted by Crippen LogP contribution is 2.46. The molecule has 5 heterocycles. The number of amides is 1. The Kier molecular flexibility index (Phi) is 7.84. The second kappa shape index (κ2) is 11.4. The maximum absolute atomic E-state index is 14.7. The standard InChI is InChI=1S/C30H34ClFN8O4S/c1-15-10-19(16(2)33-23-8-9-24(31)34-27(23)28(41)37-45(5,43)44)25-21(11-15)29(42)39(4)30(35-25)40-13-17-6-7-18(40)12-20(17)26-22(32)14-38(3)36-26/h8-11,14,16-18,20,33H,6-7,12-13H2,1-5H3,(H,37,41)/t16-,17+,18+,20+/m1/s1. The third-order valence-electron chi connectivity index (χ3n) is 8.78. The predicted molar refractivity (Wildman–Crippen MR) is 170 cm³/mol. The van der Waals surface area contributed by atoms with Gasteiger partial charge in [0.25, 0.3) is 11.5 Å². The highest BCUT2D eigenvalue weighted by Gasteiger charge is 2.44. The van der Waals surface area contributed by atoms with Gasteiger partial charge in [-0.2, -0.15) is 5.10 Å². The van der Waals surface area contributed by atoms with Gasteiger partial charge in [-0.3, -0.25) is 18.8 Å². The molecule has 12 nitrogen and oxygen atoms in total. The molecular formula is C30H34ClFN8O4S. The van der Waals surface area contributed by atoms with Gasteiger partial charge in [0.2, 0.25) is 16.0 Å². The molecule has 238 valence electrons. The van der Waals surface area contributed by atoms with Gasteiger partial charge >= 0.3 is 0 Å². The summed E-state index contributed by atoms with van der Waals surface area (Å²) in [4.78, 5) is 37.9. The SMILES string of the molecule is Cc1cc([C@@H](C)Nc2ccc(Cl)nc2C(=O)NS(C)(=O)=O)c2nc(N3C[C@@H]4CC[C@H]3C[C@@H]4c3nn(C)cc3F)n(C)c(=O)c2c1. The summed E-state index contributed by atoms with van der Waals surface area (Å²) in [7, 11) is -0.409. The zero-order valence-electron chi connectivity index (χ0n) is 25.5. The maximum Gasteiger partial charge on any atom is 0.285 e. The fourth-order valence-electron chi connectivity index (χ4n) is 6.80. The van der Waals surface area contributed by atoms with Gasteiger partial charge in [0.1, 0.15) is 10.8 Å². The number of piperidine rings is 2. The van der Waals surface area contributed by atoms with Crippen molar-refractivity contribution in [2.24, 2.45) is 20.0 Å². The first kappa shape index (κ1) is 31.0. The third kappa shape index (κ3) is 5.88. The van der Waals surface area contributed by atoms with Crippen molar-refractivity contribution < 1.29 is 17.6 Å². The lowest BCUT2D eigenvalue weighted by Gasteiger charge is -2.49. The normalized spacial score (nSPS) is 20.4. The number of nitrogens with one attached hydrogen (secondary N) is 2. The van der Waals surface area contributed by atoms with Crippen molar-refractivity contribution in [3.8, 4) is 0 Å². The smallest absolute Gasteiger partial charge is 0.285 e. The highest BCUT2D eigenvalue weighted by atomic mass is 35.5. The largest absolute Gasteiger partial charge is 0.377 e. The topological polar surface area (TPSA) is 144 Å². The van der Waals surface area contributed by atoms with Crippen LogP contribution in [0.4, 0.5) is 16.0 Å². The summed E-state index contributed by atoms with van der Waals surface area (Å²) in [5, 5.41) is 8.13. The number of nitrogens with zero attached hydrogens (tertiary/aromatic N) is 6. The Morgan fingerprint density at radius 1 is 1.18 bits per heavy atom. The van der Waals surface area contributed by atoms with Crippen molar-refractivity contribution in [3.05, 3.63) is 74.3 Å². The minimum absolute atomic E-state index is 0.00296. The monoisotopic (exact) mass is 656 g/mol. The molecule has 4 atom stereocenters. The van der Waals surface area contributed by atoms with Crippen LogP contribution >= 0.6 is 11.6 Å². The summed E-state index contributed by atoms with van der Waals surface area (Å²) in [5.74, 6) is -0.503. The molecule has 0 radical (unpaired) electrons. The molecule has 1 amide bonds. The van der Waals surface area contributed by atoms with E-state index in [9.17, 15) is 22.4 Å². The number of pyridine rings is 1. The van der Waals surface area contributed by atoms with Crippen molar-refractivity contribution in [2.45, 2.75) is 51.1 Å². The highest BCUT2D eigenvalue weighted by molar-refractivity contribution is 7.89. The van der Waals surface area contributed by atoms with E-state index in [1.165, 1.54) is 16.9 Å². The second-order valence-electron chi connectivity index (χ2n) is 12.1. The Morgan fingerprint density at radius 2 is 1.93 bits per heavy atom. The minimum atomic E-state index is -3.85. The van der Waals surface area contributed by atoms with Crippen molar-refractivity contribution in [1.29, 1.82) is 0 Å². The molecule has 1 saturated carbocycles. The van der Waals surface area contributed by atoms with Crippen LogP contribution in [0.1, 0.15) is 65.5 Å². The van der Waals surface area contributed by atoms with E-state index >= 15 is 0 Å². The van der Waals surface area contributed by atoms with Crippen LogP contribution in [0.2, 0.25) is 5.15 Å². The summed E-state index contributed by atoms with van der Waals surface area (Å²) >= 11 is 6.04. The number of rotatable bonds is 7. The number of fused-ring (bicyclic) bond motifs is 4. The predicted octanol–water partition coefficient (Wildman–Crippen LogP) is 3.80. The van der Waals surface area contributed by atoms with Crippen molar-refractivity contribution in [2.75, 3.05) is 23.0 Å². The third-order valence-corrected chi connectivity index (χ3v) is 9.55. The van der Waals surface area contributed by atoms with Gasteiger partial charge in [-0.15, -0.1) is 0 Å². The lowest BCUT2D eigenvalue weighted by Crippen LogP contribution is -2.53. The van der Waals surface area contributed by atoms with Crippen LogP contribution in [0.5, 0.6) is 0 Å². The van der Waals surface area contributed by atoms with E-state index < -0.39 is 22.0 Å². The van der Waals surface area contributed by atoms with E-state index in [1.54, 1.807) is 24.7 Å². The lowest BCUT2D eigenvalue weighted by atomic mass is 9.70. The Labute approximate surface area is 264 Å². The van der Waals surface area contributed by atoms with Crippen LogP contribution in [0.25, 0.3) is 10.9 Å². The number of sulfonamides is 1. The van der Waals surface area contributed by atoms with Crippen molar-refractivity contribution in [1.82, 2.24) is 29.0 Å². The van der Waals surface area contributed by atoms with Gasteiger partial charge in [0.05, 0.1) is 35.1 Å². The fourth-order valence-corrected chi connectivity index (χ4v) is 7.38. The number of aromatic nitrogens is 5. The van der Waals surface area contributed by atoms with Gasteiger partial charge < -0.3 is 10.2 Å².